The number of hydrogen-bond acceptors (Lipinski definition) is 4. The number of piperazine rings is 1. The van der Waals surface area contributed by atoms with E-state index < -0.39 is 6.61 Å². The van der Waals surface area contributed by atoms with Crippen molar-refractivity contribution in [3.63, 3.8) is 0 Å². The summed E-state index contributed by atoms with van der Waals surface area (Å²) in [7, 11) is 0. The summed E-state index contributed by atoms with van der Waals surface area (Å²) in [6.07, 6.45) is 2.57. The van der Waals surface area contributed by atoms with Crippen LogP contribution < -0.4 is 4.74 Å². The van der Waals surface area contributed by atoms with Crippen LogP contribution in [0.4, 0.5) is 8.78 Å². The molecule has 2 aliphatic heterocycles. The lowest BCUT2D eigenvalue weighted by Gasteiger charge is -2.48. The molecule has 7 heteroatoms. The normalized spacial score (nSPS) is 27.2. The van der Waals surface area contributed by atoms with Crippen molar-refractivity contribution in [2.24, 2.45) is 5.92 Å². The van der Waals surface area contributed by atoms with Gasteiger partial charge < -0.3 is 14.4 Å². The molecule has 0 unspecified atom stereocenters. The van der Waals surface area contributed by atoms with Gasteiger partial charge in [-0.25, -0.2) is 0 Å². The summed E-state index contributed by atoms with van der Waals surface area (Å²) in [5.74, 6) is 0.744. The van der Waals surface area contributed by atoms with Crippen molar-refractivity contribution in [3.05, 3.63) is 29.8 Å². The molecule has 0 aromatic heterocycles. The van der Waals surface area contributed by atoms with Crippen LogP contribution in [0.15, 0.2) is 24.3 Å². The highest BCUT2D eigenvalue weighted by molar-refractivity contribution is 5.94. The summed E-state index contributed by atoms with van der Waals surface area (Å²) in [5, 5.41) is 0. The quantitative estimate of drug-likeness (QED) is 0.833. The molecule has 0 radical (unpaired) electrons. The van der Waals surface area contributed by atoms with Gasteiger partial charge in [0.2, 0.25) is 0 Å². The fourth-order valence-corrected chi connectivity index (χ4v) is 3.91. The molecule has 2 atom stereocenters. The minimum Gasteiger partial charge on any atom is -0.435 e. The number of halogens is 2. The highest BCUT2D eigenvalue weighted by atomic mass is 19.3. The van der Waals surface area contributed by atoms with E-state index in [9.17, 15) is 13.6 Å². The predicted molar refractivity (Wildman–Crippen MR) is 86.8 cm³/mol. The molecule has 1 aromatic carbocycles. The molecule has 4 rings (SSSR count). The SMILES string of the molecule is O=C(c1ccc(OC(F)F)cc1)N1CCN2[C@@H](COC[C@@H]2C2CC2)C1. The molecule has 1 aliphatic carbocycles. The van der Waals surface area contributed by atoms with Crippen LogP contribution in [0.1, 0.15) is 23.2 Å². The second kappa shape index (κ2) is 6.88. The third-order valence-corrected chi connectivity index (χ3v) is 5.33. The lowest BCUT2D eigenvalue weighted by Crippen LogP contribution is -2.63. The van der Waals surface area contributed by atoms with E-state index in [2.05, 4.69) is 9.64 Å². The van der Waals surface area contributed by atoms with Gasteiger partial charge >= 0.3 is 6.61 Å². The Bertz CT molecular complexity index is 621. The number of ether oxygens (including phenoxy) is 2. The molecule has 1 amide bonds. The number of nitrogens with zero attached hydrogens (tertiary/aromatic N) is 2. The molecule has 1 aromatic rings. The van der Waals surface area contributed by atoms with E-state index in [1.54, 1.807) is 0 Å². The van der Waals surface area contributed by atoms with E-state index in [0.29, 0.717) is 31.3 Å². The number of carbonyl (C=O) groups is 1. The van der Waals surface area contributed by atoms with Crippen LogP contribution in [0, 0.1) is 5.92 Å². The van der Waals surface area contributed by atoms with E-state index >= 15 is 0 Å². The molecule has 5 nitrogen and oxygen atoms in total. The molecule has 3 fully saturated rings. The van der Waals surface area contributed by atoms with Crippen LogP contribution in [0.5, 0.6) is 5.75 Å². The van der Waals surface area contributed by atoms with Gasteiger partial charge in [-0.1, -0.05) is 0 Å². The van der Waals surface area contributed by atoms with Crippen molar-refractivity contribution in [2.75, 3.05) is 32.8 Å². The Hall–Kier alpha value is -1.73. The molecule has 0 bridgehead atoms. The number of hydrogen-bond donors (Lipinski definition) is 0. The van der Waals surface area contributed by atoms with Gasteiger partial charge in [-0.15, -0.1) is 0 Å². The van der Waals surface area contributed by atoms with Crippen LogP contribution in [0.25, 0.3) is 0 Å². The first-order chi connectivity index (χ1) is 12.1. The fraction of sp³-hybridized carbons (Fsp3) is 0.611. The van der Waals surface area contributed by atoms with Gasteiger partial charge in [0.05, 0.1) is 19.3 Å². The van der Waals surface area contributed by atoms with Crippen molar-refractivity contribution < 1.29 is 23.0 Å². The molecule has 25 heavy (non-hydrogen) atoms. The van der Waals surface area contributed by atoms with Gasteiger partial charge in [-0.2, -0.15) is 8.78 Å². The molecular weight excluding hydrogens is 330 g/mol. The zero-order chi connectivity index (χ0) is 17.4. The largest absolute Gasteiger partial charge is 0.435 e. The molecule has 2 heterocycles. The molecule has 2 saturated heterocycles. The molecule has 136 valence electrons. The van der Waals surface area contributed by atoms with E-state index in [4.69, 9.17) is 4.74 Å². The second-order valence-corrected chi connectivity index (χ2v) is 6.99. The topological polar surface area (TPSA) is 42.0 Å². The van der Waals surface area contributed by atoms with Crippen molar-refractivity contribution in [1.29, 1.82) is 0 Å². The Morgan fingerprint density at radius 3 is 2.60 bits per heavy atom. The highest BCUT2D eigenvalue weighted by Gasteiger charge is 2.43. The fourth-order valence-electron chi connectivity index (χ4n) is 3.91. The Morgan fingerprint density at radius 1 is 1.16 bits per heavy atom. The van der Waals surface area contributed by atoms with Gasteiger partial charge in [-0.05, 0) is 43.0 Å². The summed E-state index contributed by atoms with van der Waals surface area (Å²) in [4.78, 5) is 17.1. The van der Waals surface area contributed by atoms with Crippen LogP contribution in [-0.2, 0) is 4.74 Å². The zero-order valence-corrected chi connectivity index (χ0v) is 13.9. The van der Waals surface area contributed by atoms with Crippen LogP contribution >= 0.6 is 0 Å². The number of rotatable bonds is 4. The maximum absolute atomic E-state index is 12.7. The minimum absolute atomic E-state index is 0.0596. The monoisotopic (exact) mass is 352 g/mol. The lowest BCUT2D eigenvalue weighted by atomic mass is 10.0. The van der Waals surface area contributed by atoms with E-state index in [1.807, 2.05) is 4.90 Å². The first-order valence-electron chi connectivity index (χ1n) is 8.79. The third-order valence-electron chi connectivity index (χ3n) is 5.33. The maximum Gasteiger partial charge on any atom is 0.387 e. The molecule has 3 aliphatic rings. The smallest absolute Gasteiger partial charge is 0.387 e. The third kappa shape index (κ3) is 3.62. The summed E-state index contributed by atoms with van der Waals surface area (Å²) in [5.41, 5.74) is 0.491. The molecule has 1 saturated carbocycles. The van der Waals surface area contributed by atoms with E-state index in [-0.39, 0.29) is 17.7 Å². The minimum atomic E-state index is -2.86. The van der Waals surface area contributed by atoms with Crippen molar-refractivity contribution in [2.45, 2.75) is 31.5 Å². The summed E-state index contributed by atoms with van der Waals surface area (Å²) < 4.78 is 34.5. The number of morpholine rings is 1. The summed E-state index contributed by atoms with van der Waals surface area (Å²) in [6.45, 7) is 0.813. The number of carbonyl (C=O) groups excluding carboxylic acids is 1. The molecule has 0 N–H and O–H groups in total. The number of alkyl halides is 2. The van der Waals surface area contributed by atoms with Crippen molar-refractivity contribution >= 4 is 5.91 Å². The van der Waals surface area contributed by atoms with E-state index in [0.717, 1.165) is 19.1 Å². The van der Waals surface area contributed by atoms with Gasteiger partial charge in [0.15, 0.2) is 0 Å². The second-order valence-electron chi connectivity index (χ2n) is 6.99. The first-order valence-corrected chi connectivity index (χ1v) is 8.79. The maximum atomic E-state index is 12.7. The zero-order valence-electron chi connectivity index (χ0n) is 13.9. The van der Waals surface area contributed by atoms with Gasteiger partial charge in [0.1, 0.15) is 5.75 Å². The van der Waals surface area contributed by atoms with Gasteiger partial charge in [0, 0.05) is 31.2 Å². The predicted octanol–water partition coefficient (Wildman–Crippen LogP) is 2.22. The lowest BCUT2D eigenvalue weighted by molar-refractivity contribution is -0.0816. The highest BCUT2D eigenvalue weighted by Crippen LogP contribution is 2.38. The van der Waals surface area contributed by atoms with Gasteiger partial charge in [-0.3, -0.25) is 9.69 Å². The Labute approximate surface area is 145 Å². The Kier molecular flexibility index (Phi) is 4.60. The van der Waals surface area contributed by atoms with Crippen LogP contribution in [-0.4, -0.2) is 67.3 Å². The number of benzene rings is 1. The first kappa shape index (κ1) is 16.7. The number of amides is 1. The van der Waals surface area contributed by atoms with Gasteiger partial charge in [0.25, 0.3) is 5.91 Å². The molecule has 0 spiro atoms. The summed E-state index contributed by atoms with van der Waals surface area (Å²) >= 11 is 0. The van der Waals surface area contributed by atoms with Crippen molar-refractivity contribution in [3.8, 4) is 5.75 Å². The average Bonchev–Trinajstić information content (AvgIpc) is 3.45. The standard InChI is InChI=1S/C18H22F2N2O3/c19-18(20)25-15-5-3-13(4-6-15)17(23)21-7-8-22-14(9-21)10-24-11-16(22)12-1-2-12/h3-6,12,14,16,18H,1-2,7-11H2/t14-,16-/m1/s1. The Morgan fingerprint density at radius 2 is 1.92 bits per heavy atom. The molecular formula is C18H22F2N2O3. The summed E-state index contributed by atoms with van der Waals surface area (Å²) in [6, 6.07) is 6.64. The van der Waals surface area contributed by atoms with Crippen LogP contribution in [0.2, 0.25) is 0 Å². The van der Waals surface area contributed by atoms with Crippen molar-refractivity contribution in [1.82, 2.24) is 9.80 Å². The average molecular weight is 352 g/mol. The van der Waals surface area contributed by atoms with E-state index in [1.165, 1.54) is 37.1 Å². The Balaban J connectivity index is 1.40. The van der Waals surface area contributed by atoms with Crippen LogP contribution in [0.3, 0.4) is 0 Å². The number of fused-ring (bicyclic) bond motifs is 1.